The average molecular weight is 386 g/mol. The Balaban J connectivity index is 1.81. The van der Waals surface area contributed by atoms with Gasteiger partial charge in [0.2, 0.25) is 0 Å². The molecule has 1 heterocycles. The van der Waals surface area contributed by atoms with Crippen LogP contribution in [-0.4, -0.2) is 29.3 Å². The van der Waals surface area contributed by atoms with Crippen molar-refractivity contribution in [1.82, 2.24) is 10.2 Å². The van der Waals surface area contributed by atoms with Gasteiger partial charge in [-0.25, -0.2) is 0 Å². The van der Waals surface area contributed by atoms with Gasteiger partial charge in [-0.3, -0.25) is 9.89 Å². The Morgan fingerprint density at radius 1 is 1.07 bits per heavy atom. The standard InChI is InChI=1S/C20H20ClN3O3/c1-3-26-15-9-10-19(27-4-2)17(11-15)22-20(25)18-12-16(23-24-18)13-5-7-14(21)8-6-13/h5-12H,3-4H2,1-2H3,(H,22,25)(H,23,24). The first-order valence-electron chi connectivity index (χ1n) is 8.63. The van der Waals surface area contributed by atoms with Crippen LogP contribution in [-0.2, 0) is 0 Å². The van der Waals surface area contributed by atoms with Gasteiger partial charge >= 0.3 is 0 Å². The highest BCUT2D eigenvalue weighted by Gasteiger charge is 2.14. The van der Waals surface area contributed by atoms with E-state index in [0.717, 1.165) is 5.56 Å². The van der Waals surface area contributed by atoms with E-state index in [4.69, 9.17) is 21.1 Å². The van der Waals surface area contributed by atoms with Gasteiger partial charge < -0.3 is 14.8 Å². The van der Waals surface area contributed by atoms with E-state index in [1.54, 1.807) is 36.4 Å². The molecule has 3 aromatic rings. The number of amides is 1. The molecule has 6 nitrogen and oxygen atoms in total. The third-order valence-electron chi connectivity index (χ3n) is 3.77. The molecule has 0 aliphatic carbocycles. The van der Waals surface area contributed by atoms with E-state index >= 15 is 0 Å². The van der Waals surface area contributed by atoms with Gasteiger partial charge in [-0.1, -0.05) is 23.7 Å². The van der Waals surface area contributed by atoms with Crippen LogP contribution in [0, 0.1) is 0 Å². The number of nitrogens with one attached hydrogen (secondary N) is 2. The molecule has 1 amide bonds. The van der Waals surface area contributed by atoms with E-state index in [2.05, 4.69) is 15.5 Å². The fourth-order valence-corrected chi connectivity index (χ4v) is 2.67. The maximum atomic E-state index is 12.6. The van der Waals surface area contributed by atoms with Crippen LogP contribution >= 0.6 is 11.6 Å². The summed E-state index contributed by atoms with van der Waals surface area (Å²) >= 11 is 5.91. The Morgan fingerprint density at radius 3 is 2.52 bits per heavy atom. The fraction of sp³-hybridized carbons (Fsp3) is 0.200. The highest BCUT2D eigenvalue weighted by atomic mass is 35.5. The van der Waals surface area contributed by atoms with E-state index < -0.39 is 0 Å². The lowest BCUT2D eigenvalue weighted by atomic mass is 10.1. The molecule has 2 aromatic carbocycles. The highest BCUT2D eigenvalue weighted by molar-refractivity contribution is 6.30. The van der Waals surface area contributed by atoms with E-state index in [-0.39, 0.29) is 5.91 Å². The smallest absolute Gasteiger partial charge is 0.273 e. The van der Waals surface area contributed by atoms with Gasteiger partial charge in [0.25, 0.3) is 5.91 Å². The number of ether oxygens (including phenoxy) is 2. The molecule has 0 atom stereocenters. The number of hydrogen-bond donors (Lipinski definition) is 2. The maximum absolute atomic E-state index is 12.6. The molecule has 0 radical (unpaired) electrons. The maximum Gasteiger partial charge on any atom is 0.273 e. The zero-order chi connectivity index (χ0) is 19.2. The van der Waals surface area contributed by atoms with Crippen molar-refractivity contribution < 1.29 is 14.3 Å². The third kappa shape index (κ3) is 4.60. The Labute approximate surface area is 162 Å². The lowest BCUT2D eigenvalue weighted by Gasteiger charge is -2.13. The van der Waals surface area contributed by atoms with Crippen molar-refractivity contribution in [3.05, 3.63) is 59.2 Å². The number of benzene rings is 2. The summed E-state index contributed by atoms with van der Waals surface area (Å²) in [5.41, 5.74) is 2.40. The second-order valence-electron chi connectivity index (χ2n) is 5.65. The molecule has 0 bridgehead atoms. The van der Waals surface area contributed by atoms with E-state index in [1.807, 2.05) is 26.0 Å². The van der Waals surface area contributed by atoms with Crippen LogP contribution in [0.2, 0.25) is 5.02 Å². The van der Waals surface area contributed by atoms with E-state index in [9.17, 15) is 4.79 Å². The SMILES string of the molecule is CCOc1ccc(OCC)c(NC(=O)c2cc(-c3ccc(Cl)cc3)n[nH]2)c1. The Bertz CT molecular complexity index is 922. The Morgan fingerprint density at radius 2 is 1.81 bits per heavy atom. The summed E-state index contributed by atoms with van der Waals surface area (Å²) in [6, 6.07) is 14.2. The number of halogens is 1. The van der Waals surface area contributed by atoms with Crippen LogP contribution in [0.25, 0.3) is 11.3 Å². The summed E-state index contributed by atoms with van der Waals surface area (Å²) < 4.78 is 11.1. The minimum atomic E-state index is -0.322. The summed E-state index contributed by atoms with van der Waals surface area (Å²) in [5.74, 6) is 0.909. The lowest BCUT2D eigenvalue weighted by molar-refractivity contribution is 0.102. The van der Waals surface area contributed by atoms with Gasteiger partial charge in [0.1, 0.15) is 17.2 Å². The van der Waals surface area contributed by atoms with Crippen LogP contribution in [0.15, 0.2) is 48.5 Å². The molecule has 0 unspecified atom stereocenters. The summed E-state index contributed by atoms with van der Waals surface area (Å²) in [6.07, 6.45) is 0. The van der Waals surface area contributed by atoms with Gasteiger partial charge in [-0.15, -0.1) is 0 Å². The number of carbonyl (C=O) groups excluding carboxylic acids is 1. The number of H-pyrrole nitrogens is 1. The number of aromatic amines is 1. The van der Waals surface area contributed by atoms with Gasteiger partial charge in [0, 0.05) is 16.7 Å². The molecular formula is C20H20ClN3O3. The topological polar surface area (TPSA) is 76.2 Å². The molecular weight excluding hydrogens is 366 g/mol. The van der Waals surface area contributed by atoms with Gasteiger partial charge in [-0.05, 0) is 44.2 Å². The normalized spacial score (nSPS) is 10.5. The van der Waals surface area contributed by atoms with Crippen LogP contribution in [0.4, 0.5) is 5.69 Å². The van der Waals surface area contributed by atoms with Crippen molar-refractivity contribution >= 4 is 23.2 Å². The summed E-state index contributed by atoms with van der Waals surface area (Å²) in [7, 11) is 0. The molecule has 0 spiro atoms. The second kappa shape index (κ2) is 8.60. The molecule has 0 fully saturated rings. The highest BCUT2D eigenvalue weighted by Crippen LogP contribution is 2.30. The fourth-order valence-electron chi connectivity index (χ4n) is 2.54. The lowest BCUT2D eigenvalue weighted by Crippen LogP contribution is -2.13. The molecule has 0 aliphatic rings. The number of nitrogens with zero attached hydrogens (tertiary/aromatic N) is 1. The number of anilines is 1. The van der Waals surface area contributed by atoms with Crippen LogP contribution in [0.3, 0.4) is 0 Å². The zero-order valence-electron chi connectivity index (χ0n) is 15.1. The summed E-state index contributed by atoms with van der Waals surface area (Å²) in [4.78, 5) is 12.6. The summed E-state index contributed by atoms with van der Waals surface area (Å²) in [6.45, 7) is 4.81. The van der Waals surface area contributed by atoms with Crippen LogP contribution in [0.1, 0.15) is 24.3 Å². The van der Waals surface area contributed by atoms with Gasteiger partial charge in [0.05, 0.1) is 24.6 Å². The minimum absolute atomic E-state index is 0.322. The molecule has 7 heteroatoms. The Kier molecular flexibility index (Phi) is 5.98. The van der Waals surface area contributed by atoms with Gasteiger partial charge in [0.15, 0.2) is 0 Å². The quantitative estimate of drug-likeness (QED) is 0.613. The molecule has 1 aromatic heterocycles. The first-order chi connectivity index (χ1) is 13.1. The van der Waals surface area contributed by atoms with Crippen molar-refractivity contribution in [2.24, 2.45) is 0 Å². The first-order valence-corrected chi connectivity index (χ1v) is 9.00. The number of hydrogen-bond acceptors (Lipinski definition) is 4. The molecule has 3 rings (SSSR count). The summed E-state index contributed by atoms with van der Waals surface area (Å²) in [5, 5.41) is 10.5. The van der Waals surface area contributed by atoms with Crippen LogP contribution in [0.5, 0.6) is 11.5 Å². The third-order valence-corrected chi connectivity index (χ3v) is 4.02. The van der Waals surface area contributed by atoms with Crippen molar-refractivity contribution in [3.63, 3.8) is 0 Å². The van der Waals surface area contributed by atoms with E-state index in [0.29, 0.717) is 46.8 Å². The molecule has 0 saturated heterocycles. The monoisotopic (exact) mass is 385 g/mol. The van der Waals surface area contributed by atoms with Crippen molar-refractivity contribution in [2.45, 2.75) is 13.8 Å². The predicted molar refractivity (Wildman–Crippen MR) is 106 cm³/mol. The molecule has 2 N–H and O–H groups in total. The molecule has 0 saturated carbocycles. The number of rotatable bonds is 7. The zero-order valence-corrected chi connectivity index (χ0v) is 15.8. The second-order valence-corrected chi connectivity index (χ2v) is 6.09. The first kappa shape index (κ1) is 18.8. The van der Waals surface area contributed by atoms with Crippen molar-refractivity contribution in [2.75, 3.05) is 18.5 Å². The van der Waals surface area contributed by atoms with E-state index in [1.165, 1.54) is 0 Å². The minimum Gasteiger partial charge on any atom is -0.494 e. The Hall–Kier alpha value is -2.99. The van der Waals surface area contributed by atoms with Crippen molar-refractivity contribution in [3.8, 4) is 22.8 Å². The van der Waals surface area contributed by atoms with Crippen LogP contribution < -0.4 is 14.8 Å². The molecule has 140 valence electrons. The van der Waals surface area contributed by atoms with Crippen molar-refractivity contribution in [1.29, 1.82) is 0 Å². The largest absolute Gasteiger partial charge is 0.494 e. The number of carbonyl (C=O) groups is 1. The molecule has 27 heavy (non-hydrogen) atoms. The molecule has 0 aliphatic heterocycles. The average Bonchev–Trinajstić information content (AvgIpc) is 3.15. The predicted octanol–water partition coefficient (Wildman–Crippen LogP) is 4.78. The van der Waals surface area contributed by atoms with Gasteiger partial charge in [-0.2, -0.15) is 5.10 Å². The number of aromatic nitrogens is 2.